The normalized spacial score (nSPS) is 10.5. The molecule has 0 saturated heterocycles. The predicted octanol–water partition coefficient (Wildman–Crippen LogP) is 7.34. The van der Waals surface area contributed by atoms with Gasteiger partial charge in [0.1, 0.15) is 34.5 Å². The Labute approximate surface area is 225 Å². The third kappa shape index (κ3) is 5.99. The third-order valence-electron chi connectivity index (χ3n) is 5.88. The van der Waals surface area contributed by atoms with Gasteiger partial charge in [0.05, 0.1) is 14.2 Å². The molecule has 0 bridgehead atoms. The maximum Gasteiger partial charge on any atom is 0.228 e. The van der Waals surface area contributed by atoms with Crippen LogP contribution in [0.2, 0.25) is 0 Å². The molecular formula is C32H24O7. The third-order valence-corrected chi connectivity index (χ3v) is 5.88. The minimum absolute atomic E-state index is 0.0710. The SMILES string of the molecule is COc1ccc(Oc2ccc(C(=O)c3ccc(C(=O)c4ccc(Oc5ccc(OC)cc5)cc4)o3)cc2)cc1. The van der Waals surface area contributed by atoms with Crippen LogP contribution in [0.3, 0.4) is 0 Å². The van der Waals surface area contributed by atoms with Crippen LogP contribution in [0.5, 0.6) is 34.5 Å². The lowest BCUT2D eigenvalue weighted by Crippen LogP contribution is -2.01. The number of hydrogen-bond acceptors (Lipinski definition) is 7. The summed E-state index contributed by atoms with van der Waals surface area (Å²) in [6.45, 7) is 0. The van der Waals surface area contributed by atoms with Crippen LogP contribution in [0, 0.1) is 0 Å². The van der Waals surface area contributed by atoms with Crippen molar-refractivity contribution in [2.75, 3.05) is 14.2 Å². The highest BCUT2D eigenvalue weighted by molar-refractivity contribution is 6.10. The van der Waals surface area contributed by atoms with Crippen molar-refractivity contribution in [3.63, 3.8) is 0 Å². The number of rotatable bonds is 10. The molecule has 0 unspecified atom stereocenters. The van der Waals surface area contributed by atoms with Crippen molar-refractivity contribution in [3.05, 3.63) is 132 Å². The second-order valence-corrected chi connectivity index (χ2v) is 8.43. The summed E-state index contributed by atoms with van der Waals surface area (Å²) in [6, 6.07) is 30.7. The van der Waals surface area contributed by atoms with Crippen LogP contribution in [-0.2, 0) is 0 Å². The van der Waals surface area contributed by atoms with E-state index in [-0.39, 0.29) is 23.1 Å². The largest absolute Gasteiger partial charge is 0.497 e. The maximum absolute atomic E-state index is 12.9. The molecule has 0 radical (unpaired) electrons. The minimum atomic E-state index is -0.340. The van der Waals surface area contributed by atoms with Crippen LogP contribution in [0.15, 0.2) is 114 Å². The number of methoxy groups -OCH3 is 2. The zero-order valence-corrected chi connectivity index (χ0v) is 21.3. The first kappa shape index (κ1) is 25.4. The molecule has 4 aromatic carbocycles. The summed E-state index contributed by atoms with van der Waals surface area (Å²) in [5, 5.41) is 0. The van der Waals surface area contributed by atoms with E-state index in [1.807, 2.05) is 0 Å². The Bertz CT molecular complexity index is 1440. The Morgan fingerprint density at radius 2 is 0.718 bits per heavy atom. The minimum Gasteiger partial charge on any atom is -0.497 e. The lowest BCUT2D eigenvalue weighted by molar-refractivity contribution is 0.0986. The fourth-order valence-corrected chi connectivity index (χ4v) is 3.77. The highest BCUT2D eigenvalue weighted by Crippen LogP contribution is 2.27. The summed E-state index contributed by atoms with van der Waals surface area (Å²) in [6.07, 6.45) is 0. The van der Waals surface area contributed by atoms with E-state index in [4.69, 9.17) is 23.4 Å². The van der Waals surface area contributed by atoms with E-state index < -0.39 is 0 Å². The van der Waals surface area contributed by atoms with Crippen molar-refractivity contribution >= 4 is 11.6 Å². The summed E-state index contributed by atoms with van der Waals surface area (Å²) in [5.41, 5.74) is 0.816. The molecule has 0 saturated carbocycles. The van der Waals surface area contributed by atoms with Gasteiger partial charge in [0.2, 0.25) is 11.6 Å². The van der Waals surface area contributed by atoms with Gasteiger partial charge < -0.3 is 23.4 Å². The fraction of sp³-hybridized carbons (Fsp3) is 0.0625. The summed E-state index contributed by atoms with van der Waals surface area (Å²) in [4.78, 5) is 25.9. The Morgan fingerprint density at radius 1 is 0.436 bits per heavy atom. The number of ketones is 2. The van der Waals surface area contributed by atoms with Crippen LogP contribution in [0.1, 0.15) is 32.2 Å². The Hall–Kier alpha value is -5.30. The van der Waals surface area contributed by atoms with Gasteiger partial charge in [-0.3, -0.25) is 9.59 Å². The van der Waals surface area contributed by atoms with Crippen LogP contribution in [0.25, 0.3) is 0 Å². The van der Waals surface area contributed by atoms with Gasteiger partial charge in [0.25, 0.3) is 0 Å². The molecule has 0 aliphatic heterocycles. The van der Waals surface area contributed by atoms with Crippen molar-refractivity contribution in [3.8, 4) is 34.5 Å². The average Bonchev–Trinajstić information content (AvgIpc) is 3.48. The molecule has 0 fully saturated rings. The number of hydrogen-bond donors (Lipinski definition) is 0. The molecular weight excluding hydrogens is 496 g/mol. The van der Waals surface area contributed by atoms with Crippen molar-refractivity contribution in [2.24, 2.45) is 0 Å². The quantitative estimate of drug-likeness (QED) is 0.178. The maximum atomic E-state index is 12.9. The molecule has 0 spiro atoms. The zero-order chi connectivity index (χ0) is 27.2. The lowest BCUT2D eigenvalue weighted by Gasteiger charge is -2.07. The molecule has 5 rings (SSSR count). The van der Waals surface area contributed by atoms with Crippen molar-refractivity contribution in [1.82, 2.24) is 0 Å². The van der Waals surface area contributed by atoms with E-state index in [1.165, 1.54) is 12.1 Å². The molecule has 1 heterocycles. The van der Waals surface area contributed by atoms with Crippen LogP contribution in [-0.4, -0.2) is 25.8 Å². The summed E-state index contributed by atoms with van der Waals surface area (Å²) in [7, 11) is 3.20. The van der Waals surface area contributed by atoms with E-state index in [0.29, 0.717) is 34.1 Å². The van der Waals surface area contributed by atoms with Gasteiger partial charge in [0, 0.05) is 11.1 Å². The van der Waals surface area contributed by atoms with Gasteiger partial charge in [-0.2, -0.15) is 0 Å². The average molecular weight is 521 g/mol. The molecule has 0 aliphatic rings. The number of carbonyl (C=O) groups excluding carboxylic acids is 2. The number of benzene rings is 4. The second-order valence-electron chi connectivity index (χ2n) is 8.43. The van der Waals surface area contributed by atoms with Gasteiger partial charge in [-0.25, -0.2) is 0 Å². The first-order valence-electron chi connectivity index (χ1n) is 12.1. The molecule has 0 amide bonds. The van der Waals surface area contributed by atoms with Crippen LogP contribution < -0.4 is 18.9 Å². The van der Waals surface area contributed by atoms with Crippen LogP contribution in [0.4, 0.5) is 0 Å². The van der Waals surface area contributed by atoms with Crippen molar-refractivity contribution < 1.29 is 33.0 Å². The molecule has 0 atom stereocenters. The van der Waals surface area contributed by atoms with E-state index >= 15 is 0 Å². The molecule has 194 valence electrons. The van der Waals surface area contributed by atoms with Gasteiger partial charge in [-0.05, 0) is 109 Å². The Kier molecular flexibility index (Phi) is 7.41. The Morgan fingerprint density at radius 3 is 1.03 bits per heavy atom. The van der Waals surface area contributed by atoms with Crippen LogP contribution >= 0.6 is 0 Å². The molecule has 7 heteroatoms. The molecule has 5 aromatic rings. The number of carbonyl (C=O) groups is 2. The highest BCUT2D eigenvalue weighted by Gasteiger charge is 2.19. The van der Waals surface area contributed by atoms with Crippen molar-refractivity contribution in [1.29, 1.82) is 0 Å². The first-order chi connectivity index (χ1) is 19.0. The molecule has 0 aliphatic carbocycles. The van der Waals surface area contributed by atoms with Gasteiger partial charge in [-0.15, -0.1) is 0 Å². The second kappa shape index (κ2) is 11.4. The lowest BCUT2D eigenvalue weighted by atomic mass is 10.1. The number of ether oxygens (including phenoxy) is 4. The fourth-order valence-electron chi connectivity index (χ4n) is 3.77. The van der Waals surface area contributed by atoms with E-state index in [2.05, 4.69) is 0 Å². The molecule has 7 nitrogen and oxygen atoms in total. The zero-order valence-electron chi connectivity index (χ0n) is 21.3. The van der Waals surface area contributed by atoms with E-state index in [9.17, 15) is 9.59 Å². The molecule has 39 heavy (non-hydrogen) atoms. The van der Waals surface area contributed by atoms with Gasteiger partial charge in [-0.1, -0.05) is 0 Å². The Balaban J connectivity index is 1.21. The smallest absolute Gasteiger partial charge is 0.228 e. The first-order valence-corrected chi connectivity index (χ1v) is 12.1. The van der Waals surface area contributed by atoms with E-state index in [0.717, 1.165) is 11.5 Å². The van der Waals surface area contributed by atoms with Gasteiger partial charge in [0.15, 0.2) is 11.5 Å². The topological polar surface area (TPSA) is 84.2 Å². The highest BCUT2D eigenvalue weighted by atomic mass is 16.5. The predicted molar refractivity (Wildman–Crippen MR) is 145 cm³/mol. The monoisotopic (exact) mass is 520 g/mol. The molecule has 1 aromatic heterocycles. The van der Waals surface area contributed by atoms with Gasteiger partial charge >= 0.3 is 0 Å². The number of furan rings is 1. The molecule has 0 N–H and O–H groups in total. The summed E-state index contributed by atoms with van der Waals surface area (Å²) in [5.74, 6) is 3.36. The summed E-state index contributed by atoms with van der Waals surface area (Å²) < 4.78 is 27.5. The van der Waals surface area contributed by atoms with E-state index in [1.54, 1.807) is 111 Å². The standard InChI is InChI=1S/C32H24O7/c1-35-23-11-15-27(16-12-23)37-25-7-3-21(4-8-25)31(33)29-19-20-30(39-29)32(34)22-5-9-26(10-6-22)38-28-17-13-24(36-2)14-18-28/h3-20H,1-2H3. The summed E-state index contributed by atoms with van der Waals surface area (Å²) >= 11 is 0. The van der Waals surface area contributed by atoms with Crippen molar-refractivity contribution in [2.45, 2.75) is 0 Å².